The van der Waals surface area contributed by atoms with Crippen LogP contribution in [-0.4, -0.2) is 15.6 Å². The van der Waals surface area contributed by atoms with E-state index in [1.54, 1.807) is 4.68 Å². The largest absolute Gasteiger partial charge is 0.293 e. The third kappa shape index (κ3) is 1.58. The molecule has 0 saturated heterocycles. The maximum Gasteiger partial charge on any atom is 0.178 e. The van der Waals surface area contributed by atoms with Gasteiger partial charge in [-0.1, -0.05) is 32.8 Å². The van der Waals surface area contributed by atoms with E-state index in [9.17, 15) is 10.1 Å². The topological polar surface area (TPSA) is 58.7 Å². The summed E-state index contributed by atoms with van der Waals surface area (Å²) in [6.07, 6.45) is 9.14. The summed E-state index contributed by atoms with van der Waals surface area (Å²) in [5, 5.41) is 14.0. The van der Waals surface area contributed by atoms with Crippen molar-refractivity contribution in [1.82, 2.24) is 9.78 Å². The van der Waals surface area contributed by atoms with Crippen LogP contribution in [0.25, 0.3) is 0 Å². The Morgan fingerprint density at radius 1 is 1.45 bits per heavy atom. The predicted molar refractivity (Wildman–Crippen MR) is 82.8 cm³/mol. The summed E-state index contributed by atoms with van der Waals surface area (Å²) in [6.45, 7) is 5.96. The van der Waals surface area contributed by atoms with Crippen molar-refractivity contribution in [3.8, 4) is 18.4 Å². The van der Waals surface area contributed by atoms with Crippen molar-refractivity contribution in [2.75, 3.05) is 0 Å². The van der Waals surface area contributed by atoms with Crippen molar-refractivity contribution in [1.29, 1.82) is 5.26 Å². The molecule has 0 N–H and O–H groups in total. The molecule has 0 aromatic carbocycles. The number of Topliss-reactive ketones (excluding diaryl/α,β-unsaturated/α-hetero) is 1. The highest BCUT2D eigenvalue weighted by atomic mass is 16.1. The van der Waals surface area contributed by atoms with E-state index in [-0.39, 0.29) is 17.3 Å². The van der Waals surface area contributed by atoms with Crippen LogP contribution in [0, 0.1) is 35.0 Å². The molecule has 0 amide bonds. The SMILES string of the molecule is C#Cc1c2c(nn1C)C1(C)C=C(C#N)C(=O)C(C)(C)[C@@H]1CC2. The third-order valence-electron chi connectivity index (χ3n) is 5.46. The Morgan fingerprint density at radius 2 is 2.14 bits per heavy atom. The highest BCUT2D eigenvalue weighted by Gasteiger charge is 2.55. The first-order valence-electron chi connectivity index (χ1n) is 7.48. The van der Waals surface area contributed by atoms with E-state index in [0.29, 0.717) is 0 Å². The van der Waals surface area contributed by atoms with Crippen LogP contribution in [0.5, 0.6) is 0 Å². The number of nitrogens with zero attached hydrogens (tertiary/aromatic N) is 3. The number of carbonyl (C=O) groups excluding carboxylic acids is 1. The number of fused-ring (bicyclic) bond motifs is 3. The van der Waals surface area contributed by atoms with Gasteiger partial charge in [-0.3, -0.25) is 9.48 Å². The minimum atomic E-state index is -0.569. The zero-order chi connectivity index (χ0) is 16.3. The molecule has 1 heterocycles. The van der Waals surface area contributed by atoms with Gasteiger partial charge in [0.05, 0.1) is 11.3 Å². The molecular formula is C18H19N3O. The summed E-state index contributed by atoms with van der Waals surface area (Å²) in [4.78, 5) is 12.6. The predicted octanol–water partition coefficient (Wildman–Crippen LogP) is 2.28. The first-order chi connectivity index (χ1) is 10.3. The smallest absolute Gasteiger partial charge is 0.178 e. The second-order valence-corrected chi connectivity index (χ2v) is 7.04. The molecule has 4 nitrogen and oxygen atoms in total. The third-order valence-corrected chi connectivity index (χ3v) is 5.46. The van der Waals surface area contributed by atoms with E-state index >= 15 is 0 Å². The summed E-state index contributed by atoms with van der Waals surface area (Å²) >= 11 is 0. The number of allylic oxidation sites excluding steroid dienone is 2. The van der Waals surface area contributed by atoms with Crippen molar-refractivity contribution < 1.29 is 4.79 Å². The number of carbonyl (C=O) groups is 1. The minimum Gasteiger partial charge on any atom is -0.293 e. The molecule has 22 heavy (non-hydrogen) atoms. The van der Waals surface area contributed by atoms with Crippen LogP contribution < -0.4 is 0 Å². The lowest BCUT2D eigenvalue weighted by molar-refractivity contribution is -0.128. The summed E-state index contributed by atoms with van der Waals surface area (Å²) in [7, 11) is 1.85. The average molecular weight is 293 g/mol. The molecule has 112 valence electrons. The van der Waals surface area contributed by atoms with Crippen molar-refractivity contribution in [2.24, 2.45) is 18.4 Å². The summed E-state index contributed by atoms with van der Waals surface area (Å²) in [5.41, 5.74) is 2.05. The summed E-state index contributed by atoms with van der Waals surface area (Å²) < 4.78 is 1.74. The van der Waals surface area contributed by atoms with Crippen LogP contribution in [0.2, 0.25) is 0 Å². The molecule has 2 aliphatic carbocycles. The van der Waals surface area contributed by atoms with Gasteiger partial charge in [-0.05, 0) is 18.8 Å². The maximum absolute atomic E-state index is 12.6. The fraction of sp³-hybridized carbons (Fsp3) is 0.500. The number of hydrogen-bond donors (Lipinski definition) is 0. The summed E-state index contributed by atoms with van der Waals surface area (Å²) in [5.74, 6) is 2.78. The van der Waals surface area contributed by atoms with Gasteiger partial charge in [0.2, 0.25) is 0 Å². The van der Waals surface area contributed by atoms with Gasteiger partial charge >= 0.3 is 0 Å². The molecule has 2 atom stereocenters. The van der Waals surface area contributed by atoms with E-state index in [0.717, 1.165) is 29.8 Å². The number of terminal acetylenes is 1. The molecule has 0 spiro atoms. The highest BCUT2D eigenvalue weighted by molar-refractivity contribution is 6.04. The Balaban J connectivity index is 2.32. The van der Waals surface area contributed by atoms with Gasteiger partial charge in [0.15, 0.2) is 5.78 Å². The number of aryl methyl sites for hydroxylation is 1. The lowest BCUT2D eigenvalue weighted by Gasteiger charge is -2.49. The Hall–Kier alpha value is -2.33. The molecule has 0 bridgehead atoms. The Kier molecular flexibility index (Phi) is 2.88. The Bertz CT molecular complexity index is 798. The van der Waals surface area contributed by atoms with E-state index in [2.05, 4.69) is 24.0 Å². The molecule has 0 fully saturated rings. The first kappa shape index (κ1) is 14.6. The number of aromatic nitrogens is 2. The van der Waals surface area contributed by atoms with E-state index in [1.807, 2.05) is 27.0 Å². The quantitative estimate of drug-likeness (QED) is 0.690. The molecule has 2 aliphatic rings. The molecule has 0 aliphatic heterocycles. The second-order valence-electron chi connectivity index (χ2n) is 7.04. The fourth-order valence-corrected chi connectivity index (χ4v) is 4.40. The van der Waals surface area contributed by atoms with Crippen LogP contribution in [-0.2, 0) is 23.7 Å². The standard InChI is InChI=1S/C18H19N3O/c1-6-13-12-7-8-14-17(2,3)16(22)11(10-19)9-18(14,4)15(12)20-21(13)5/h1,9,14H,7-8H2,2-5H3/t14-,18?/m0/s1. The van der Waals surface area contributed by atoms with Crippen molar-refractivity contribution >= 4 is 5.78 Å². The zero-order valence-corrected chi connectivity index (χ0v) is 13.4. The molecule has 4 heteroatoms. The van der Waals surface area contributed by atoms with Gasteiger partial charge in [-0.15, -0.1) is 6.42 Å². The number of rotatable bonds is 0. The molecular weight excluding hydrogens is 274 g/mol. The van der Waals surface area contributed by atoms with E-state index in [1.165, 1.54) is 0 Å². The van der Waals surface area contributed by atoms with Crippen LogP contribution in [0.1, 0.15) is 44.1 Å². The first-order valence-corrected chi connectivity index (χ1v) is 7.48. The molecule has 3 rings (SSSR count). The molecule has 0 radical (unpaired) electrons. The lowest BCUT2D eigenvalue weighted by Crippen LogP contribution is -2.51. The van der Waals surface area contributed by atoms with Gasteiger partial charge in [0, 0.05) is 23.4 Å². The molecule has 1 unspecified atom stereocenters. The minimum absolute atomic E-state index is 0.0611. The monoisotopic (exact) mass is 293 g/mol. The molecule has 1 aromatic heterocycles. The van der Waals surface area contributed by atoms with Gasteiger partial charge in [-0.2, -0.15) is 10.4 Å². The van der Waals surface area contributed by atoms with Crippen LogP contribution in [0.15, 0.2) is 11.6 Å². The second kappa shape index (κ2) is 4.34. The Morgan fingerprint density at radius 3 is 2.73 bits per heavy atom. The van der Waals surface area contributed by atoms with E-state index < -0.39 is 10.8 Å². The normalized spacial score (nSPS) is 28.9. The highest BCUT2D eigenvalue weighted by Crippen LogP contribution is 2.54. The number of hydrogen-bond acceptors (Lipinski definition) is 3. The molecule has 0 saturated carbocycles. The van der Waals surface area contributed by atoms with Gasteiger partial charge < -0.3 is 0 Å². The van der Waals surface area contributed by atoms with Gasteiger partial charge in [-0.25, -0.2) is 0 Å². The maximum atomic E-state index is 12.6. The fourth-order valence-electron chi connectivity index (χ4n) is 4.40. The summed E-state index contributed by atoms with van der Waals surface area (Å²) in [6, 6.07) is 2.07. The number of ketones is 1. The van der Waals surface area contributed by atoms with Crippen LogP contribution in [0.3, 0.4) is 0 Å². The average Bonchev–Trinajstić information content (AvgIpc) is 2.80. The van der Waals surface area contributed by atoms with Crippen molar-refractivity contribution in [3.63, 3.8) is 0 Å². The van der Waals surface area contributed by atoms with Gasteiger partial charge in [0.25, 0.3) is 0 Å². The Labute approximate surface area is 130 Å². The lowest BCUT2D eigenvalue weighted by atomic mass is 9.52. The van der Waals surface area contributed by atoms with Crippen LogP contribution >= 0.6 is 0 Å². The van der Waals surface area contributed by atoms with Crippen molar-refractivity contribution in [2.45, 2.75) is 39.0 Å². The zero-order valence-electron chi connectivity index (χ0n) is 13.4. The van der Waals surface area contributed by atoms with Crippen LogP contribution in [0.4, 0.5) is 0 Å². The van der Waals surface area contributed by atoms with E-state index in [4.69, 9.17) is 6.42 Å². The number of nitriles is 1. The van der Waals surface area contributed by atoms with Gasteiger partial charge in [0.1, 0.15) is 11.8 Å². The van der Waals surface area contributed by atoms with Crippen molar-refractivity contribution in [3.05, 3.63) is 28.6 Å². The molecule has 1 aromatic rings.